The van der Waals surface area contributed by atoms with Crippen LogP contribution in [0.25, 0.3) is 0 Å². The van der Waals surface area contributed by atoms with E-state index in [1.54, 1.807) is 6.92 Å². The summed E-state index contributed by atoms with van der Waals surface area (Å²) in [6.45, 7) is 9.58. The fourth-order valence-electron chi connectivity index (χ4n) is 4.20. The van der Waals surface area contributed by atoms with Crippen molar-refractivity contribution in [1.29, 1.82) is 0 Å². The highest BCUT2D eigenvalue weighted by Gasteiger charge is 2.31. The molecular formula is C23H34N4O. The third-order valence-electron chi connectivity index (χ3n) is 5.64. The first-order chi connectivity index (χ1) is 13.5. The lowest BCUT2D eigenvalue weighted by atomic mass is 9.90. The molecule has 1 aromatic rings. The molecule has 28 heavy (non-hydrogen) atoms. The van der Waals surface area contributed by atoms with E-state index >= 15 is 0 Å². The van der Waals surface area contributed by atoms with Crippen molar-refractivity contribution < 1.29 is 4.79 Å². The van der Waals surface area contributed by atoms with Crippen LogP contribution in [0.5, 0.6) is 0 Å². The molecule has 1 atom stereocenters. The minimum absolute atomic E-state index is 0.0105. The minimum Gasteiger partial charge on any atom is -0.366 e. The summed E-state index contributed by atoms with van der Waals surface area (Å²) >= 11 is 0. The number of carbonyl (C=O) groups is 1. The van der Waals surface area contributed by atoms with E-state index in [-0.39, 0.29) is 5.91 Å². The maximum absolute atomic E-state index is 11.4. The maximum atomic E-state index is 11.4. The standard InChI is InChI=1S/C23H34N4O/c1-17-12-18(2)14-22(13-17)23(26-10-6-20-4-8-24-9-5-20)15-21(7-11-27-23)16-25-19(3)28/h7,11-15,20,24,26-27H,4-6,8-10,16H2,1-3H3,(H,25,28). The molecule has 2 aliphatic heterocycles. The van der Waals surface area contributed by atoms with Crippen molar-refractivity contribution in [2.24, 2.45) is 5.92 Å². The van der Waals surface area contributed by atoms with Crippen LogP contribution in [0.3, 0.4) is 0 Å². The van der Waals surface area contributed by atoms with Gasteiger partial charge in [-0.3, -0.25) is 10.1 Å². The molecule has 2 aliphatic rings. The van der Waals surface area contributed by atoms with E-state index in [1.807, 2.05) is 12.3 Å². The Balaban J connectivity index is 1.81. The zero-order valence-electron chi connectivity index (χ0n) is 17.4. The van der Waals surface area contributed by atoms with Crippen molar-refractivity contribution in [2.45, 2.75) is 45.7 Å². The van der Waals surface area contributed by atoms with Gasteiger partial charge in [0.15, 0.2) is 0 Å². The Morgan fingerprint density at radius 1 is 1.18 bits per heavy atom. The highest BCUT2D eigenvalue weighted by Crippen LogP contribution is 2.27. The Bertz CT molecular complexity index is 729. The summed E-state index contributed by atoms with van der Waals surface area (Å²) in [7, 11) is 0. The molecule has 5 nitrogen and oxygen atoms in total. The molecule has 152 valence electrons. The van der Waals surface area contributed by atoms with E-state index < -0.39 is 5.66 Å². The van der Waals surface area contributed by atoms with Crippen LogP contribution in [-0.4, -0.2) is 32.1 Å². The monoisotopic (exact) mass is 382 g/mol. The van der Waals surface area contributed by atoms with Gasteiger partial charge >= 0.3 is 0 Å². The van der Waals surface area contributed by atoms with Gasteiger partial charge in [0.2, 0.25) is 5.91 Å². The molecule has 0 spiro atoms. The number of aryl methyl sites for hydroxylation is 2. The average Bonchev–Trinajstić information content (AvgIpc) is 2.67. The molecule has 1 fully saturated rings. The molecule has 0 aromatic heterocycles. The summed E-state index contributed by atoms with van der Waals surface area (Å²) in [5.74, 6) is 0.774. The summed E-state index contributed by atoms with van der Waals surface area (Å²) in [6, 6.07) is 6.68. The van der Waals surface area contributed by atoms with E-state index in [2.05, 4.69) is 59.4 Å². The minimum atomic E-state index is -0.452. The number of carbonyl (C=O) groups excluding carboxylic acids is 1. The molecule has 1 unspecified atom stereocenters. The van der Waals surface area contributed by atoms with Gasteiger partial charge in [-0.2, -0.15) is 0 Å². The third kappa shape index (κ3) is 5.46. The number of dihydropyridines is 1. The first-order valence-electron chi connectivity index (χ1n) is 10.4. The number of amides is 1. The summed E-state index contributed by atoms with van der Waals surface area (Å²) in [4.78, 5) is 11.4. The number of hydrogen-bond donors (Lipinski definition) is 4. The topological polar surface area (TPSA) is 65.2 Å². The smallest absolute Gasteiger partial charge is 0.217 e. The summed E-state index contributed by atoms with van der Waals surface area (Å²) in [5, 5.41) is 13.7. The fourth-order valence-corrected chi connectivity index (χ4v) is 4.20. The Kier molecular flexibility index (Phi) is 6.92. The van der Waals surface area contributed by atoms with Crippen LogP contribution in [-0.2, 0) is 10.5 Å². The number of rotatable bonds is 7. The van der Waals surface area contributed by atoms with Gasteiger partial charge in [0.25, 0.3) is 0 Å². The molecule has 0 radical (unpaired) electrons. The fraction of sp³-hybridized carbons (Fsp3) is 0.522. The lowest BCUT2D eigenvalue weighted by molar-refractivity contribution is -0.118. The van der Waals surface area contributed by atoms with Crippen molar-refractivity contribution in [3.63, 3.8) is 0 Å². The first-order valence-corrected chi connectivity index (χ1v) is 10.4. The van der Waals surface area contributed by atoms with Gasteiger partial charge in [0, 0.05) is 13.5 Å². The van der Waals surface area contributed by atoms with Gasteiger partial charge in [-0.25, -0.2) is 0 Å². The second kappa shape index (κ2) is 9.39. The van der Waals surface area contributed by atoms with Crippen LogP contribution >= 0.6 is 0 Å². The zero-order valence-corrected chi connectivity index (χ0v) is 17.4. The van der Waals surface area contributed by atoms with Gasteiger partial charge in [0.05, 0.1) is 0 Å². The van der Waals surface area contributed by atoms with Crippen molar-refractivity contribution >= 4 is 5.91 Å². The highest BCUT2D eigenvalue weighted by atomic mass is 16.1. The van der Waals surface area contributed by atoms with Crippen LogP contribution < -0.4 is 21.3 Å². The van der Waals surface area contributed by atoms with Crippen molar-refractivity contribution in [3.8, 4) is 0 Å². The van der Waals surface area contributed by atoms with Crippen LogP contribution in [0.4, 0.5) is 0 Å². The van der Waals surface area contributed by atoms with E-state index in [1.165, 1.54) is 36.0 Å². The molecule has 2 heterocycles. The number of piperidine rings is 1. The summed E-state index contributed by atoms with van der Waals surface area (Å²) < 4.78 is 0. The van der Waals surface area contributed by atoms with Gasteiger partial charge in [-0.15, -0.1) is 0 Å². The molecule has 0 aliphatic carbocycles. The van der Waals surface area contributed by atoms with Gasteiger partial charge in [0.1, 0.15) is 5.66 Å². The Labute approximate surface area is 169 Å². The second-order valence-corrected chi connectivity index (χ2v) is 8.20. The molecule has 1 aromatic carbocycles. The van der Waals surface area contributed by atoms with Crippen LogP contribution in [0.15, 0.2) is 42.1 Å². The van der Waals surface area contributed by atoms with Crippen molar-refractivity contribution in [3.05, 3.63) is 58.8 Å². The third-order valence-corrected chi connectivity index (χ3v) is 5.64. The summed E-state index contributed by atoms with van der Waals surface area (Å²) in [5.41, 5.74) is 4.36. The van der Waals surface area contributed by atoms with Crippen LogP contribution in [0.2, 0.25) is 0 Å². The van der Waals surface area contributed by atoms with Crippen molar-refractivity contribution in [1.82, 2.24) is 21.3 Å². The lowest BCUT2D eigenvalue weighted by Gasteiger charge is -2.37. The molecule has 0 saturated carbocycles. The molecular weight excluding hydrogens is 348 g/mol. The van der Waals surface area contributed by atoms with Gasteiger partial charge in [-0.05, 0) is 88.2 Å². The van der Waals surface area contributed by atoms with Crippen LogP contribution in [0.1, 0.15) is 42.9 Å². The van der Waals surface area contributed by atoms with Crippen molar-refractivity contribution in [2.75, 3.05) is 26.2 Å². The largest absolute Gasteiger partial charge is 0.366 e. The van der Waals surface area contributed by atoms with E-state index in [9.17, 15) is 4.79 Å². The average molecular weight is 383 g/mol. The molecule has 5 heteroatoms. The lowest BCUT2D eigenvalue weighted by Crippen LogP contribution is -2.52. The first kappa shape index (κ1) is 20.6. The second-order valence-electron chi connectivity index (χ2n) is 8.20. The summed E-state index contributed by atoms with van der Waals surface area (Å²) in [6.07, 6.45) is 9.94. The Hall–Kier alpha value is -2.11. The Morgan fingerprint density at radius 3 is 2.57 bits per heavy atom. The molecule has 3 rings (SSSR count). The molecule has 4 N–H and O–H groups in total. The predicted octanol–water partition coefficient (Wildman–Crippen LogP) is 2.61. The normalized spacial score (nSPS) is 22.5. The highest BCUT2D eigenvalue weighted by molar-refractivity contribution is 5.73. The van der Waals surface area contributed by atoms with Gasteiger partial charge < -0.3 is 16.0 Å². The van der Waals surface area contributed by atoms with Gasteiger partial charge in [-0.1, -0.05) is 29.3 Å². The zero-order chi connectivity index (χ0) is 20.0. The number of hydrogen-bond acceptors (Lipinski definition) is 4. The maximum Gasteiger partial charge on any atom is 0.217 e. The number of benzene rings is 1. The van der Waals surface area contributed by atoms with Crippen LogP contribution in [0, 0.1) is 19.8 Å². The van der Waals surface area contributed by atoms with E-state index in [4.69, 9.17) is 0 Å². The van der Waals surface area contributed by atoms with E-state index in [0.29, 0.717) is 6.54 Å². The molecule has 1 saturated heterocycles. The quantitative estimate of drug-likeness (QED) is 0.585. The number of nitrogens with one attached hydrogen (secondary N) is 4. The SMILES string of the molecule is CC(=O)NCC1=CC(NCCC2CCNCC2)(c2cc(C)cc(C)c2)NC=C1. The van der Waals surface area contributed by atoms with E-state index in [0.717, 1.165) is 31.1 Å². The predicted molar refractivity (Wildman–Crippen MR) is 115 cm³/mol. The Morgan fingerprint density at radius 2 is 1.89 bits per heavy atom. The molecule has 1 amide bonds. The molecule has 0 bridgehead atoms.